The molecule has 0 atom stereocenters. The second-order valence-electron chi connectivity index (χ2n) is 6.54. The molecule has 0 aliphatic carbocycles. The Balaban J connectivity index is 1.95. The molecule has 0 fully saturated rings. The second kappa shape index (κ2) is 8.81. The van der Waals surface area contributed by atoms with Crippen LogP contribution in [0, 0.1) is 19.1 Å². The van der Waals surface area contributed by atoms with E-state index in [9.17, 15) is 5.21 Å². The maximum absolute atomic E-state index is 12.9. The highest BCUT2D eigenvalue weighted by Crippen LogP contribution is 2.13. The van der Waals surface area contributed by atoms with Gasteiger partial charge in [0.2, 0.25) is 11.4 Å². The van der Waals surface area contributed by atoms with Gasteiger partial charge in [0.05, 0.1) is 0 Å². The van der Waals surface area contributed by atoms with E-state index < -0.39 is 0 Å². The lowest BCUT2D eigenvalue weighted by Gasteiger charge is -2.05. The normalized spacial score (nSPS) is 11.2. The number of hydrogen-bond acceptors (Lipinski definition) is 1. The summed E-state index contributed by atoms with van der Waals surface area (Å²) in [4.78, 5) is 0. The zero-order chi connectivity index (χ0) is 19.1. The first-order chi connectivity index (χ1) is 13.1. The number of rotatable bonds is 5. The zero-order valence-electron chi connectivity index (χ0n) is 15.7. The second-order valence-corrected chi connectivity index (χ2v) is 6.54. The zero-order valence-corrected chi connectivity index (χ0v) is 15.7. The average molecular weight is 353 g/mol. The summed E-state index contributed by atoms with van der Waals surface area (Å²) in [5, 5.41) is 12.9. The van der Waals surface area contributed by atoms with Gasteiger partial charge in [-0.3, -0.25) is 0 Å². The van der Waals surface area contributed by atoms with Crippen molar-refractivity contribution in [2.45, 2.75) is 13.8 Å². The van der Waals surface area contributed by atoms with Gasteiger partial charge in [0, 0.05) is 24.3 Å². The number of benzene rings is 3. The maximum Gasteiger partial charge on any atom is 0.217 e. The highest BCUT2D eigenvalue weighted by atomic mass is 16.5. The fraction of sp³-hybridized carbons (Fsp3) is 0.0800. The van der Waals surface area contributed by atoms with Gasteiger partial charge in [-0.05, 0) is 37.1 Å². The largest absolute Gasteiger partial charge is 0.618 e. The molecule has 0 radical (unpaired) electrons. The van der Waals surface area contributed by atoms with Crippen molar-refractivity contribution in [3.8, 4) is 0 Å². The van der Waals surface area contributed by atoms with Gasteiger partial charge in [-0.2, -0.15) is 4.74 Å². The summed E-state index contributed by atoms with van der Waals surface area (Å²) in [7, 11) is 0. The summed E-state index contributed by atoms with van der Waals surface area (Å²) in [5.74, 6) is 0. The quantitative estimate of drug-likeness (QED) is 0.228. The van der Waals surface area contributed by atoms with Crippen molar-refractivity contribution in [1.29, 1.82) is 0 Å². The molecule has 3 rings (SSSR count). The molecule has 2 heteroatoms. The van der Waals surface area contributed by atoms with Crippen LogP contribution in [0.1, 0.15) is 22.3 Å². The van der Waals surface area contributed by atoms with Crippen LogP contribution < -0.4 is 0 Å². The van der Waals surface area contributed by atoms with Crippen LogP contribution in [0.4, 0.5) is 5.69 Å². The van der Waals surface area contributed by atoms with Crippen molar-refractivity contribution in [2.75, 3.05) is 0 Å². The van der Waals surface area contributed by atoms with Crippen molar-refractivity contribution in [3.05, 3.63) is 118 Å². The van der Waals surface area contributed by atoms with Crippen molar-refractivity contribution in [2.24, 2.45) is 0 Å². The van der Waals surface area contributed by atoms with Crippen LogP contribution in [0.2, 0.25) is 0 Å². The molecule has 0 N–H and O–H groups in total. The van der Waals surface area contributed by atoms with E-state index in [4.69, 9.17) is 0 Å². The topological polar surface area (TPSA) is 26.1 Å². The lowest BCUT2D eigenvalue weighted by Crippen LogP contribution is -2.06. The standard InChI is InChI=1S/C25H23NO/c1-20-8-12-22(13-9-20)16-18-25(26(27)24-6-4-3-5-7-24)19-17-23-14-10-21(2)11-15-23/h3-19H,1-2H3/b18-16+,19-17+. The minimum absolute atomic E-state index is 0.572. The van der Waals surface area contributed by atoms with Gasteiger partial charge in [0.25, 0.3) is 0 Å². The van der Waals surface area contributed by atoms with Gasteiger partial charge in [0.1, 0.15) is 0 Å². The van der Waals surface area contributed by atoms with Crippen LogP contribution in [0.15, 0.2) is 91.0 Å². The van der Waals surface area contributed by atoms with Crippen LogP contribution in [-0.4, -0.2) is 10.5 Å². The van der Waals surface area contributed by atoms with Crippen LogP contribution in [0.3, 0.4) is 0 Å². The Labute approximate surface area is 161 Å². The SMILES string of the molecule is Cc1ccc(/C=C/C(/C=C/c2ccc(C)cc2)=[N+]([O-])c2ccccc2)cc1. The molecule has 0 unspecified atom stereocenters. The first kappa shape index (κ1) is 18.4. The first-order valence-corrected chi connectivity index (χ1v) is 9.00. The molecule has 134 valence electrons. The minimum atomic E-state index is 0.572. The van der Waals surface area contributed by atoms with E-state index in [1.54, 1.807) is 0 Å². The number of para-hydroxylation sites is 1. The summed E-state index contributed by atoms with van der Waals surface area (Å²) >= 11 is 0. The average Bonchev–Trinajstić information content (AvgIpc) is 2.71. The number of hydrogen-bond donors (Lipinski definition) is 0. The monoisotopic (exact) mass is 353 g/mol. The molecule has 2 nitrogen and oxygen atoms in total. The molecule has 3 aromatic rings. The van der Waals surface area contributed by atoms with Crippen LogP contribution >= 0.6 is 0 Å². The summed E-state index contributed by atoms with van der Waals surface area (Å²) in [6, 6.07) is 25.7. The Bertz CT molecular complexity index is 906. The summed E-state index contributed by atoms with van der Waals surface area (Å²) < 4.78 is 0.954. The van der Waals surface area contributed by atoms with Crippen molar-refractivity contribution in [3.63, 3.8) is 0 Å². The van der Waals surface area contributed by atoms with Crippen LogP contribution in [0.5, 0.6) is 0 Å². The van der Waals surface area contributed by atoms with Crippen molar-refractivity contribution >= 4 is 23.6 Å². The molecule has 0 saturated heterocycles. The fourth-order valence-corrected chi connectivity index (χ4v) is 2.62. The molecule has 0 spiro atoms. The summed E-state index contributed by atoms with van der Waals surface area (Å²) in [6.45, 7) is 4.12. The van der Waals surface area contributed by atoms with E-state index in [1.807, 2.05) is 78.9 Å². The van der Waals surface area contributed by atoms with Crippen LogP contribution in [-0.2, 0) is 0 Å². The molecule has 0 amide bonds. The third kappa shape index (κ3) is 5.29. The lowest BCUT2D eigenvalue weighted by atomic mass is 10.1. The fourth-order valence-electron chi connectivity index (χ4n) is 2.62. The highest BCUT2D eigenvalue weighted by Gasteiger charge is 2.06. The Morgan fingerprint density at radius 3 is 1.56 bits per heavy atom. The molecule has 0 aromatic heterocycles. The van der Waals surface area contributed by atoms with Gasteiger partial charge in [-0.25, -0.2) is 0 Å². The first-order valence-electron chi connectivity index (χ1n) is 9.00. The summed E-state index contributed by atoms with van der Waals surface area (Å²) in [6.07, 6.45) is 7.63. The predicted molar refractivity (Wildman–Crippen MR) is 115 cm³/mol. The molecular formula is C25H23NO. The number of aryl methyl sites for hydroxylation is 2. The van der Waals surface area contributed by atoms with E-state index in [1.165, 1.54) is 11.1 Å². The molecular weight excluding hydrogens is 330 g/mol. The van der Waals surface area contributed by atoms with Gasteiger partial charge in [-0.1, -0.05) is 77.9 Å². The van der Waals surface area contributed by atoms with E-state index >= 15 is 0 Å². The molecule has 0 heterocycles. The Morgan fingerprint density at radius 2 is 1.11 bits per heavy atom. The Kier molecular flexibility index (Phi) is 6.01. The van der Waals surface area contributed by atoms with E-state index in [0.717, 1.165) is 15.9 Å². The molecule has 0 aliphatic heterocycles. The number of nitrogens with zero attached hydrogens (tertiary/aromatic N) is 1. The smallest absolute Gasteiger partial charge is 0.217 e. The van der Waals surface area contributed by atoms with Crippen molar-refractivity contribution < 1.29 is 4.74 Å². The number of allylic oxidation sites excluding steroid dienone is 2. The molecule has 3 aromatic carbocycles. The van der Waals surface area contributed by atoms with Gasteiger partial charge < -0.3 is 5.21 Å². The predicted octanol–water partition coefficient (Wildman–Crippen LogP) is 6.31. The molecule has 0 saturated carbocycles. The van der Waals surface area contributed by atoms with E-state index in [0.29, 0.717) is 11.4 Å². The Morgan fingerprint density at radius 1 is 0.667 bits per heavy atom. The third-order valence-corrected chi connectivity index (χ3v) is 4.27. The van der Waals surface area contributed by atoms with Gasteiger partial charge in [-0.15, -0.1) is 0 Å². The highest BCUT2D eigenvalue weighted by molar-refractivity contribution is 6.05. The van der Waals surface area contributed by atoms with Crippen molar-refractivity contribution in [1.82, 2.24) is 0 Å². The lowest BCUT2D eigenvalue weighted by molar-refractivity contribution is -0.358. The van der Waals surface area contributed by atoms with E-state index in [-0.39, 0.29) is 0 Å². The van der Waals surface area contributed by atoms with Crippen LogP contribution in [0.25, 0.3) is 12.2 Å². The molecule has 0 aliphatic rings. The maximum atomic E-state index is 12.9. The summed E-state index contributed by atoms with van der Waals surface area (Å²) in [5.41, 5.74) is 5.72. The minimum Gasteiger partial charge on any atom is -0.618 e. The molecule has 27 heavy (non-hydrogen) atoms. The van der Waals surface area contributed by atoms with Gasteiger partial charge >= 0.3 is 0 Å². The van der Waals surface area contributed by atoms with E-state index in [2.05, 4.69) is 38.1 Å². The molecule has 0 bridgehead atoms. The van der Waals surface area contributed by atoms with Gasteiger partial charge in [0.15, 0.2) is 0 Å². The third-order valence-electron chi connectivity index (χ3n) is 4.27. The Hall–Kier alpha value is -3.39.